The first kappa shape index (κ1) is 18.7. The molecule has 8 heteroatoms. The molecule has 2 aliphatic rings. The zero-order valence-electron chi connectivity index (χ0n) is 15.6. The third-order valence-corrected chi connectivity index (χ3v) is 5.77. The number of benzene rings is 1. The number of fused-ring (bicyclic) bond motifs is 1. The molecule has 1 saturated heterocycles. The van der Waals surface area contributed by atoms with Crippen LogP contribution in [0.5, 0.6) is 0 Å². The minimum absolute atomic E-state index is 0.241. The molecule has 0 aliphatic carbocycles. The van der Waals surface area contributed by atoms with Crippen LogP contribution in [-0.4, -0.2) is 62.4 Å². The number of likely N-dealkylation sites (tertiary alicyclic amines) is 1. The Labute approximate surface area is 154 Å². The molecule has 0 aromatic heterocycles. The fraction of sp³-hybridized carbons (Fsp3) is 0.556. The van der Waals surface area contributed by atoms with E-state index in [2.05, 4.69) is 4.40 Å². The van der Waals surface area contributed by atoms with Crippen molar-refractivity contribution < 1.29 is 17.9 Å². The minimum Gasteiger partial charge on any atom is -0.444 e. The number of carbonyl (C=O) groups excluding carboxylic acids is 1. The molecule has 1 atom stereocenters. The molecule has 2 heterocycles. The van der Waals surface area contributed by atoms with Gasteiger partial charge in [0.15, 0.2) is 5.84 Å². The monoisotopic (exact) mass is 379 g/mol. The summed E-state index contributed by atoms with van der Waals surface area (Å²) in [5.41, 5.74) is 0.125. The van der Waals surface area contributed by atoms with Crippen LogP contribution in [-0.2, 0) is 14.8 Å². The third-order valence-electron chi connectivity index (χ3n) is 4.44. The smallest absolute Gasteiger partial charge is 0.410 e. The molecular formula is C18H25N3O4S. The fourth-order valence-electron chi connectivity index (χ4n) is 3.31. The molecule has 3 rings (SSSR count). The topological polar surface area (TPSA) is 79.3 Å². The summed E-state index contributed by atoms with van der Waals surface area (Å²) in [6.07, 6.45) is 0.555. The highest BCUT2D eigenvalue weighted by Gasteiger charge is 2.34. The Morgan fingerprint density at radius 3 is 2.73 bits per heavy atom. The number of nitrogens with zero attached hydrogens (tertiary/aromatic N) is 3. The van der Waals surface area contributed by atoms with E-state index in [-0.39, 0.29) is 16.9 Å². The van der Waals surface area contributed by atoms with Crippen molar-refractivity contribution in [2.45, 2.75) is 37.7 Å². The van der Waals surface area contributed by atoms with E-state index in [1.165, 1.54) is 0 Å². The van der Waals surface area contributed by atoms with Crippen LogP contribution in [0.2, 0.25) is 0 Å². The van der Waals surface area contributed by atoms with Gasteiger partial charge < -0.3 is 14.5 Å². The first-order chi connectivity index (χ1) is 12.1. The Morgan fingerprint density at radius 2 is 2.04 bits per heavy atom. The van der Waals surface area contributed by atoms with Gasteiger partial charge in [-0.15, -0.1) is 4.40 Å². The van der Waals surface area contributed by atoms with E-state index in [1.807, 2.05) is 38.8 Å². The molecule has 0 radical (unpaired) electrons. The van der Waals surface area contributed by atoms with Crippen molar-refractivity contribution in [3.63, 3.8) is 0 Å². The zero-order chi connectivity index (χ0) is 19.1. The number of sulfonamides is 1. The van der Waals surface area contributed by atoms with E-state index in [4.69, 9.17) is 4.74 Å². The molecule has 0 N–H and O–H groups in total. The Bertz CT molecular complexity index is 842. The second-order valence-electron chi connectivity index (χ2n) is 7.85. The van der Waals surface area contributed by atoms with Gasteiger partial charge in [0.1, 0.15) is 10.5 Å². The summed E-state index contributed by atoms with van der Waals surface area (Å²) < 4.78 is 33.8. The van der Waals surface area contributed by atoms with Gasteiger partial charge in [0.2, 0.25) is 0 Å². The highest BCUT2D eigenvalue weighted by Crippen LogP contribution is 2.28. The number of carbonyl (C=O) groups is 1. The lowest BCUT2D eigenvalue weighted by molar-refractivity contribution is 0.0287. The molecule has 142 valence electrons. The van der Waals surface area contributed by atoms with Crippen molar-refractivity contribution in [3.8, 4) is 0 Å². The summed E-state index contributed by atoms with van der Waals surface area (Å²) in [6, 6.07) is 6.86. The quantitative estimate of drug-likeness (QED) is 0.788. The van der Waals surface area contributed by atoms with Gasteiger partial charge in [-0.05, 0) is 45.2 Å². The van der Waals surface area contributed by atoms with Crippen molar-refractivity contribution in [1.29, 1.82) is 0 Å². The average Bonchev–Trinajstić information content (AvgIpc) is 3.09. The van der Waals surface area contributed by atoms with E-state index in [9.17, 15) is 13.2 Å². The van der Waals surface area contributed by atoms with E-state index < -0.39 is 15.6 Å². The van der Waals surface area contributed by atoms with Gasteiger partial charge in [0.25, 0.3) is 10.0 Å². The molecule has 0 spiro atoms. The highest BCUT2D eigenvalue weighted by atomic mass is 32.2. The van der Waals surface area contributed by atoms with Crippen molar-refractivity contribution in [3.05, 3.63) is 29.8 Å². The van der Waals surface area contributed by atoms with E-state index in [0.29, 0.717) is 31.0 Å². The maximum Gasteiger partial charge on any atom is 0.410 e. The van der Waals surface area contributed by atoms with Crippen molar-refractivity contribution in [2.24, 2.45) is 10.3 Å². The van der Waals surface area contributed by atoms with Crippen LogP contribution in [0.15, 0.2) is 33.6 Å². The number of amidine groups is 1. The van der Waals surface area contributed by atoms with Crippen LogP contribution in [0, 0.1) is 5.92 Å². The Balaban J connectivity index is 1.65. The molecule has 1 amide bonds. The Hall–Kier alpha value is -2.09. The molecule has 2 aliphatic heterocycles. The SMILES string of the molecule is CN(CC1CCN(C(=O)OC(C)(C)C)C1)C1=NS(=O)(=O)c2ccccc21. The van der Waals surface area contributed by atoms with Gasteiger partial charge in [-0.2, -0.15) is 8.42 Å². The van der Waals surface area contributed by atoms with Gasteiger partial charge in [-0.25, -0.2) is 4.79 Å². The van der Waals surface area contributed by atoms with Gasteiger partial charge in [0, 0.05) is 32.2 Å². The predicted molar refractivity (Wildman–Crippen MR) is 98.7 cm³/mol. The lowest BCUT2D eigenvalue weighted by atomic mass is 10.1. The molecule has 7 nitrogen and oxygen atoms in total. The van der Waals surface area contributed by atoms with E-state index in [0.717, 1.165) is 6.42 Å². The van der Waals surface area contributed by atoms with Crippen molar-refractivity contribution in [2.75, 3.05) is 26.7 Å². The van der Waals surface area contributed by atoms with E-state index in [1.54, 1.807) is 23.1 Å². The summed E-state index contributed by atoms with van der Waals surface area (Å²) in [5, 5.41) is 0. The average molecular weight is 379 g/mol. The van der Waals surface area contributed by atoms with Crippen LogP contribution in [0.1, 0.15) is 32.8 Å². The van der Waals surface area contributed by atoms with Crippen LogP contribution in [0.3, 0.4) is 0 Å². The normalized spacial score (nSPS) is 21.3. The first-order valence-electron chi connectivity index (χ1n) is 8.70. The molecule has 1 aromatic rings. The number of rotatable bonds is 2. The van der Waals surface area contributed by atoms with Crippen LogP contribution < -0.4 is 0 Å². The maximum absolute atomic E-state index is 12.2. The summed E-state index contributed by atoms with van der Waals surface area (Å²) >= 11 is 0. The minimum atomic E-state index is -3.62. The molecule has 1 aromatic carbocycles. The molecule has 1 unspecified atom stereocenters. The van der Waals surface area contributed by atoms with Crippen molar-refractivity contribution >= 4 is 22.0 Å². The number of hydrogen-bond donors (Lipinski definition) is 0. The second-order valence-corrected chi connectivity index (χ2v) is 9.42. The standard InChI is InChI=1S/C18H25N3O4S/c1-18(2,3)25-17(22)21-10-9-13(12-21)11-20(4)16-14-7-5-6-8-15(14)26(23,24)19-16/h5-8,13H,9-12H2,1-4H3. The van der Waals surface area contributed by atoms with E-state index >= 15 is 0 Å². The van der Waals surface area contributed by atoms with Gasteiger partial charge >= 0.3 is 6.09 Å². The molecule has 0 bridgehead atoms. The largest absolute Gasteiger partial charge is 0.444 e. The zero-order valence-corrected chi connectivity index (χ0v) is 16.4. The van der Waals surface area contributed by atoms with Gasteiger partial charge in [0.05, 0.1) is 0 Å². The Morgan fingerprint density at radius 1 is 1.35 bits per heavy atom. The van der Waals surface area contributed by atoms with Crippen LogP contribution >= 0.6 is 0 Å². The summed E-state index contributed by atoms with van der Waals surface area (Å²) in [6.45, 7) is 7.42. The third kappa shape index (κ3) is 3.85. The number of hydrogen-bond acceptors (Lipinski definition) is 5. The molecule has 1 fully saturated rings. The van der Waals surface area contributed by atoms with Gasteiger partial charge in [-0.3, -0.25) is 0 Å². The van der Waals surface area contributed by atoms with Crippen LogP contribution in [0.4, 0.5) is 4.79 Å². The Kier molecular flexibility index (Phi) is 4.72. The van der Waals surface area contributed by atoms with Crippen LogP contribution in [0.25, 0.3) is 0 Å². The molecule has 26 heavy (non-hydrogen) atoms. The summed E-state index contributed by atoms with van der Waals surface area (Å²) in [4.78, 5) is 16.0. The van der Waals surface area contributed by atoms with Gasteiger partial charge in [-0.1, -0.05) is 12.1 Å². The molecular weight excluding hydrogens is 354 g/mol. The van der Waals surface area contributed by atoms with Crippen molar-refractivity contribution in [1.82, 2.24) is 9.80 Å². The lowest BCUT2D eigenvalue weighted by Crippen LogP contribution is -2.37. The number of amides is 1. The summed E-state index contributed by atoms with van der Waals surface area (Å²) in [5.74, 6) is 0.710. The predicted octanol–water partition coefficient (Wildman–Crippen LogP) is 2.32. The maximum atomic E-state index is 12.2. The highest BCUT2D eigenvalue weighted by molar-refractivity contribution is 7.90. The fourth-order valence-corrected chi connectivity index (χ4v) is 4.56. The second kappa shape index (κ2) is 6.57. The number of ether oxygens (including phenoxy) is 1. The lowest BCUT2D eigenvalue weighted by Gasteiger charge is -2.25. The summed E-state index contributed by atoms with van der Waals surface area (Å²) in [7, 11) is -1.78. The molecule has 0 saturated carbocycles. The first-order valence-corrected chi connectivity index (χ1v) is 10.1.